The molecule has 1 aliphatic heterocycles. The van der Waals surface area contributed by atoms with Crippen molar-refractivity contribution in [3.63, 3.8) is 0 Å². The Hall–Kier alpha value is -0.900. The zero-order chi connectivity index (χ0) is 14.5. The van der Waals surface area contributed by atoms with E-state index >= 15 is 0 Å². The summed E-state index contributed by atoms with van der Waals surface area (Å²) in [6.45, 7) is 12.7. The van der Waals surface area contributed by atoms with Crippen molar-refractivity contribution in [1.29, 1.82) is 0 Å². The van der Waals surface area contributed by atoms with E-state index < -0.39 is 0 Å². The van der Waals surface area contributed by atoms with E-state index in [1.807, 2.05) is 0 Å². The van der Waals surface area contributed by atoms with Gasteiger partial charge in [0.1, 0.15) is 0 Å². The fraction of sp³-hybridized carbons (Fsp3) is 0.875. The third kappa shape index (κ3) is 4.30. The molecular formula is C16H30N4. The Morgan fingerprint density at radius 3 is 2.55 bits per heavy atom. The molecule has 0 aliphatic carbocycles. The normalized spacial score (nSPS) is 19.6. The first-order valence-electron chi connectivity index (χ1n) is 8.21. The van der Waals surface area contributed by atoms with Crippen molar-refractivity contribution in [3.05, 3.63) is 11.9 Å². The molecule has 1 aromatic heterocycles. The second-order valence-corrected chi connectivity index (χ2v) is 6.83. The van der Waals surface area contributed by atoms with Crippen LogP contribution in [-0.4, -0.2) is 39.5 Å². The smallest absolute Gasteiger partial charge is 0.0829 e. The molecule has 0 amide bonds. The lowest BCUT2D eigenvalue weighted by Crippen LogP contribution is -2.37. The Morgan fingerprint density at radius 2 is 1.95 bits per heavy atom. The first-order chi connectivity index (χ1) is 9.58. The van der Waals surface area contributed by atoms with Crippen molar-refractivity contribution < 1.29 is 0 Å². The van der Waals surface area contributed by atoms with Crippen LogP contribution >= 0.6 is 0 Å². The van der Waals surface area contributed by atoms with Gasteiger partial charge in [0.15, 0.2) is 0 Å². The van der Waals surface area contributed by atoms with Crippen molar-refractivity contribution in [2.75, 3.05) is 19.6 Å². The summed E-state index contributed by atoms with van der Waals surface area (Å²) in [4.78, 5) is 2.61. The summed E-state index contributed by atoms with van der Waals surface area (Å²) < 4.78 is 2.11. The van der Waals surface area contributed by atoms with Crippen molar-refractivity contribution in [2.45, 2.75) is 59.4 Å². The second kappa shape index (κ2) is 7.21. The topological polar surface area (TPSA) is 34.0 Å². The Labute approximate surface area is 123 Å². The van der Waals surface area contributed by atoms with Crippen LogP contribution in [0.25, 0.3) is 0 Å². The minimum Gasteiger partial charge on any atom is -0.303 e. The van der Waals surface area contributed by atoms with E-state index in [4.69, 9.17) is 0 Å². The van der Waals surface area contributed by atoms with Crippen molar-refractivity contribution in [3.8, 4) is 0 Å². The van der Waals surface area contributed by atoms with Crippen LogP contribution in [0.3, 0.4) is 0 Å². The molecule has 2 heterocycles. The van der Waals surface area contributed by atoms with Gasteiger partial charge in [-0.25, -0.2) is 4.68 Å². The van der Waals surface area contributed by atoms with Crippen LogP contribution in [0, 0.1) is 11.8 Å². The Bertz CT molecular complexity index is 391. The quantitative estimate of drug-likeness (QED) is 0.801. The number of likely N-dealkylation sites (tertiary alicyclic amines) is 1. The molecule has 0 spiro atoms. The molecule has 0 unspecified atom stereocenters. The molecule has 1 fully saturated rings. The highest BCUT2D eigenvalue weighted by atomic mass is 15.4. The van der Waals surface area contributed by atoms with Crippen LogP contribution in [0.5, 0.6) is 0 Å². The number of nitrogens with zero attached hydrogens (tertiary/aromatic N) is 4. The predicted octanol–water partition coefficient (Wildman–Crippen LogP) is 3.16. The SMILES string of the molecule is CC[C@H](C)CN1CCC(n2cc(CC(C)C)nn2)CC1. The lowest BCUT2D eigenvalue weighted by atomic mass is 10.0. The van der Waals surface area contributed by atoms with E-state index in [2.05, 4.69) is 53.8 Å². The third-order valence-electron chi connectivity index (χ3n) is 4.37. The second-order valence-electron chi connectivity index (χ2n) is 6.83. The predicted molar refractivity (Wildman–Crippen MR) is 82.7 cm³/mol. The average Bonchev–Trinajstić information content (AvgIpc) is 2.87. The van der Waals surface area contributed by atoms with Gasteiger partial charge in [0.05, 0.1) is 11.7 Å². The first kappa shape index (κ1) is 15.5. The van der Waals surface area contributed by atoms with Crippen LogP contribution < -0.4 is 0 Å². The lowest BCUT2D eigenvalue weighted by Gasteiger charge is -2.33. The van der Waals surface area contributed by atoms with Crippen LogP contribution in [0.1, 0.15) is 58.7 Å². The van der Waals surface area contributed by atoms with E-state index in [0.29, 0.717) is 12.0 Å². The Balaban J connectivity index is 1.82. The van der Waals surface area contributed by atoms with Crippen LogP contribution in [-0.2, 0) is 6.42 Å². The molecule has 4 heteroatoms. The molecule has 0 aromatic carbocycles. The maximum atomic E-state index is 4.34. The van der Waals surface area contributed by atoms with E-state index in [9.17, 15) is 0 Å². The van der Waals surface area contributed by atoms with Gasteiger partial charge in [-0.15, -0.1) is 5.10 Å². The molecule has 1 saturated heterocycles. The summed E-state index contributed by atoms with van der Waals surface area (Å²) in [5, 5.41) is 8.65. The highest BCUT2D eigenvalue weighted by Crippen LogP contribution is 2.23. The molecule has 20 heavy (non-hydrogen) atoms. The van der Waals surface area contributed by atoms with Crippen LogP contribution in [0.2, 0.25) is 0 Å². The van der Waals surface area contributed by atoms with E-state index in [-0.39, 0.29) is 0 Å². The zero-order valence-electron chi connectivity index (χ0n) is 13.5. The standard InChI is InChI=1S/C16H30N4/c1-5-14(4)11-19-8-6-16(7-9-19)20-12-15(17-18-20)10-13(2)3/h12-14,16H,5-11H2,1-4H3/t14-/m0/s1. The summed E-state index contributed by atoms with van der Waals surface area (Å²) in [7, 11) is 0. The van der Waals surface area contributed by atoms with Gasteiger partial charge in [-0.3, -0.25) is 0 Å². The number of hydrogen-bond donors (Lipinski definition) is 0. The Kier molecular flexibility index (Phi) is 5.58. The van der Waals surface area contributed by atoms with E-state index in [1.165, 1.54) is 38.9 Å². The van der Waals surface area contributed by atoms with Crippen LogP contribution in [0.15, 0.2) is 6.20 Å². The molecule has 1 aromatic rings. The molecule has 2 rings (SSSR count). The molecule has 0 saturated carbocycles. The summed E-state index contributed by atoms with van der Waals surface area (Å²) in [6, 6.07) is 0.552. The maximum Gasteiger partial charge on any atom is 0.0829 e. The van der Waals surface area contributed by atoms with Crippen molar-refractivity contribution in [1.82, 2.24) is 19.9 Å². The minimum absolute atomic E-state index is 0.552. The van der Waals surface area contributed by atoms with Crippen molar-refractivity contribution in [2.24, 2.45) is 11.8 Å². The van der Waals surface area contributed by atoms with Gasteiger partial charge in [0, 0.05) is 25.8 Å². The summed E-state index contributed by atoms with van der Waals surface area (Å²) in [5.41, 5.74) is 1.14. The fourth-order valence-corrected chi connectivity index (χ4v) is 2.94. The molecule has 0 radical (unpaired) electrons. The van der Waals surface area contributed by atoms with Crippen LogP contribution in [0.4, 0.5) is 0 Å². The Morgan fingerprint density at radius 1 is 1.25 bits per heavy atom. The average molecular weight is 278 g/mol. The van der Waals surface area contributed by atoms with E-state index in [0.717, 1.165) is 18.0 Å². The zero-order valence-corrected chi connectivity index (χ0v) is 13.5. The van der Waals surface area contributed by atoms with Gasteiger partial charge in [0.2, 0.25) is 0 Å². The highest BCUT2D eigenvalue weighted by Gasteiger charge is 2.22. The fourth-order valence-electron chi connectivity index (χ4n) is 2.94. The highest BCUT2D eigenvalue weighted by molar-refractivity contribution is 4.95. The maximum absolute atomic E-state index is 4.34. The first-order valence-corrected chi connectivity index (χ1v) is 8.21. The lowest BCUT2D eigenvalue weighted by molar-refractivity contribution is 0.159. The molecule has 1 atom stereocenters. The number of aromatic nitrogens is 3. The number of rotatable bonds is 6. The monoisotopic (exact) mass is 278 g/mol. The molecule has 4 nitrogen and oxygen atoms in total. The van der Waals surface area contributed by atoms with E-state index in [1.54, 1.807) is 0 Å². The van der Waals surface area contributed by atoms with Gasteiger partial charge < -0.3 is 4.90 Å². The molecule has 114 valence electrons. The van der Waals surface area contributed by atoms with Gasteiger partial charge >= 0.3 is 0 Å². The third-order valence-corrected chi connectivity index (χ3v) is 4.37. The number of piperidine rings is 1. The van der Waals surface area contributed by atoms with Gasteiger partial charge in [0.25, 0.3) is 0 Å². The summed E-state index contributed by atoms with van der Waals surface area (Å²) >= 11 is 0. The molecular weight excluding hydrogens is 248 g/mol. The summed E-state index contributed by atoms with van der Waals surface area (Å²) in [5.74, 6) is 1.47. The molecule has 1 aliphatic rings. The molecule has 0 N–H and O–H groups in total. The van der Waals surface area contributed by atoms with Gasteiger partial charge in [-0.05, 0) is 31.1 Å². The molecule has 0 bridgehead atoms. The number of hydrogen-bond acceptors (Lipinski definition) is 3. The minimum atomic E-state index is 0.552. The largest absolute Gasteiger partial charge is 0.303 e. The van der Waals surface area contributed by atoms with Gasteiger partial charge in [-0.1, -0.05) is 39.3 Å². The summed E-state index contributed by atoms with van der Waals surface area (Å²) in [6.07, 6.45) is 6.89. The van der Waals surface area contributed by atoms with Crippen molar-refractivity contribution >= 4 is 0 Å². The van der Waals surface area contributed by atoms with Gasteiger partial charge in [-0.2, -0.15) is 0 Å².